The maximum atomic E-state index is 11.8. The average molecular weight is 239 g/mol. The molecule has 3 nitrogen and oxygen atoms in total. The lowest BCUT2D eigenvalue weighted by Gasteiger charge is -2.05. The second-order valence-corrected chi connectivity index (χ2v) is 4.31. The summed E-state index contributed by atoms with van der Waals surface area (Å²) >= 11 is 1.40. The van der Waals surface area contributed by atoms with E-state index in [1.54, 1.807) is 0 Å². The van der Waals surface area contributed by atoms with Gasteiger partial charge in [0.25, 0.3) is 0 Å². The first-order valence-corrected chi connectivity index (χ1v) is 5.40. The Balaban J connectivity index is 2.07. The minimum Gasteiger partial charge on any atom is -0.360 e. The van der Waals surface area contributed by atoms with Crippen molar-refractivity contribution in [2.75, 3.05) is 11.9 Å². The number of anilines is 1. The van der Waals surface area contributed by atoms with Crippen LogP contribution in [0.4, 0.5) is 18.3 Å². The molecule has 0 saturated heterocycles. The van der Waals surface area contributed by atoms with Crippen molar-refractivity contribution in [2.45, 2.75) is 32.4 Å². The number of nitrogens with zero attached hydrogens (tertiary/aromatic N) is 2. The van der Waals surface area contributed by atoms with Gasteiger partial charge in [-0.2, -0.15) is 13.2 Å². The Kier molecular flexibility index (Phi) is 4.31. The van der Waals surface area contributed by atoms with Crippen molar-refractivity contribution in [3.05, 3.63) is 5.01 Å². The molecule has 1 aromatic rings. The zero-order valence-corrected chi connectivity index (χ0v) is 9.08. The highest BCUT2D eigenvalue weighted by Crippen LogP contribution is 2.22. The van der Waals surface area contributed by atoms with E-state index < -0.39 is 12.6 Å². The van der Waals surface area contributed by atoms with Crippen molar-refractivity contribution < 1.29 is 13.2 Å². The van der Waals surface area contributed by atoms with E-state index in [1.807, 2.05) is 6.92 Å². The van der Waals surface area contributed by atoms with Gasteiger partial charge in [0, 0.05) is 13.0 Å². The van der Waals surface area contributed by atoms with Gasteiger partial charge in [-0.05, 0) is 19.8 Å². The molecule has 1 N–H and O–H groups in total. The van der Waals surface area contributed by atoms with Crippen LogP contribution >= 0.6 is 11.3 Å². The standard InChI is InChI=1S/C8H12F3N3S/c1-6-13-14-7(15-6)12-5-3-2-4-8(9,10)11/h2-5H2,1H3,(H,12,14). The summed E-state index contributed by atoms with van der Waals surface area (Å²) in [5.41, 5.74) is 0. The van der Waals surface area contributed by atoms with Crippen molar-refractivity contribution in [3.8, 4) is 0 Å². The van der Waals surface area contributed by atoms with Crippen LogP contribution in [-0.2, 0) is 0 Å². The highest BCUT2D eigenvalue weighted by molar-refractivity contribution is 7.15. The van der Waals surface area contributed by atoms with E-state index in [0.717, 1.165) is 5.01 Å². The third-order valence-corrected chi connectivity index (χ3v) is 2.49. The number of alkyl halides is 3. The molecule has 0 radical (unpaired) electrons. The Labute approximate surface area is 89.7 Å². The number of hydrogen-bond acceptors (Lipinski definition) is 4. The summed E-state index contributed by atoms with van der Waals surface area (Å²) in [4.78, 5) is 0. The fraction of sp³-hybridized carbons (Fsp3) is 0.750. The molecule has 0 amide bonds. The lowest BCUT2D eigenvalue weighted by molar-refractivity contribution is -0.135. The number of halogens is 3. The Morgan fingerprint density at radius 1 is 1.27 bits per heavy atom. The van der Waals surface area contributed by atoms with E-state index >= 15 is 0 Å². The van der Waals surface area contributed by atoms with Gasteiger partial charge in [0.2, 0.25) is 5.13 Å². The van der Waals surface area contributed by atoms with Crippen LogP contribution < -0.4 is 5.32 Å². The van der Waals surface area contributed by atoms with Crippen LogP contribution in [0.3, 0.4) is 0 Å². The minimum atomic E-state index is -4.04. The molecule has 0 aliphatic rings. The molecule has 0 saturated carbocycles. The number of hydrogen-bond donors (Lipinski definition) is 1. The molecule has 0 aromatic carbocycles. The summed E-state index contributed by atoms with van der Waals surface area (Å²) < 4.78 is 35.3. The first kappa shape index (κ1) is 12.2. The molecule has 7 heteroatoms. The summed E-state index contributed by atoms with van der Waals surface area (Å²) in [6.45, 7) is 2.33. The summed E-state index contributed by atoms with van der Waals surface area (Å²) in [6, 6.07) is 0. The molecule has 86 valence electrons. The van der Waals surface area contributed by atoms with E-state index in [4.69, 9.17) is 0 Å². The number of rotatable bonds is 5. The van der Waals surface area contributed by atoms with Gasteiger partial charge in [0.05, 0.1) is 0 Å². The molecule has 0 unspecified atom stereocenters. The van der Waals surface area contributed by atoms with Crippen LogP contribution in [0, 0.1) is 6.92 Å². The van der Waals surface area contributed by atoms with Crippen molar-refractivity contribution >= 4 is 16.5 Å². The summed E-state index contributed by atoms with van der Waals surface area (Å²) in [7, 11) is 0. The van der Waals surface area contributed by atoms with Gasteiger partial charge < -0.3 is 5.32 Å². The zero-order valence-electron chi connectivity index (χ0n) is 8.26. The van der Waals surface area contributed by atoms with E-state index in [-0.39, 0.29) is 6.42 Å². The van der Waals surface area contributed by atoms with Crippen LogP contribution in [0.5, 0.6) is 0 Å². The van der Waals surface area contributed by atoms with E-state index in [0.29, 0.717) is 18.1 Å². The first-order chi connectivity index (χ1) is 6.97. The van der Waals surface area contributed by atoms with Crippen LogP contribution in [0.15, 0.2) is 0 Å². The molecule has 0 bridgehead atoms. The van der Waals surface area contributed by atoms with Gasteiger partial charge in [0.1, 0.15) is 5.01 Å². The predicted molar refractivity (Wildman–Crippen MR) is 53.0 cm³/mol. The highest BCUT2D eigenvalue weighted by Gasteiger charge is 2.25. The smallest absolute Gasteiger partial charge is 0.360 e. The fourth-order valence-electron chi connectivity index (χ4n) is 1.01. The Hall–Kier alpha value is -0.850. The Morgan fingerprint density at radius 2 is 2.00 bits per heavy atom. The van der Waals surface area contributed by atoms with Crippen molar-refractivity contribution in [1.82, 2.24) is 10.2 Å². The quantitative estimate of drug-likeness (QED) is 0.803. The molecule has 1 aromatic heterocycles. The SMILES string of the molecule is Cc1nnc(NCCCCC(F)(F)F)s1. The van der Waals surface area contributed by atoms with E-state index in [1.165, 1.54) is 11.3 Å². The number of aryl methyl sites for hydroxylation is 1. The number of aromatic nitrogens is 2. The topological polar surface area (TPSA) is 37.8 Å². The van der Waals surface area contributed by atoms with Gasteiger partial charge in [-0.3, -0.25) is 0 Å². The molecule has 0 spiro atoms. The number of nitrogens with one attached hydrogen (secondary N) is 1. The Bertz CT molecular complexity index is 298. The van der Waals surface area contributed by atoms with E-state index in [2.05, 4.69) is 15.5 Å². The third kappa shape index (κ3) is 5.56. The molecule has 0 aliphatic carbocycles. The van der Waals surface area contributed by atoms with Crippen molar-refractivity contribution in [3.63, 3.8) is 0 Å². The summed E-state index contributed by atoms with van der Waals surface area (Å²) in [6.07, 6.45) is -4.13. The van der Waals surface area contributed by atoms with Crippen LogP contribution in [0.1, 0.15) is 24.3 Å². The van der Waals surface area contributed by atoms with Crippen molar-refractivity contribution in [1.29, 1.82) is 0 Å². The molecular weight excluding hydrogens is 227 g/mol. The molecule has 0 aliphatic heterocycles. The second kappa shape index (κ2) is 5.29. The molecule has 15 heavy (non-hydrogen) atoms. The monoisotopic (exact) mass is 239 g/mol. The molecule has 0 fully saturated rings. The lowest BCUT2D eigenvalue weighted by atomic mass is 10.2. The molecule has 1 rings (SSSR count). The van der Waals surface area contributed by atoms with Gasteiger partial charge in [0.15, 0.2) is 0 Å². The van der Waals surface area contributed by atoms with Gasteiger partial charge in [-0.25, -0.2) is 0 Å². The van der Waals surface area contributed by atoms with Gasteiger partial charge in [-0.15, -0.1) is 10.2 Å². The average Bonchev–Trinajstić information content (AvgIpc) is 2.49. The Morgan fingerprint density at radius 3 is 2.53 bits per heavy atom. The van der Waals surface area contributed by atoms with Crippen molar-refractivity contribution in [2.24, 2.45) is 0 Å². The van der Waals surface area contributed by atoms with Gasteiger partial charge in [-0.1, -0.05) is 11.3 Å². The zero-order chi connectivity index (χ0) is 11.3. The first-order valence-electron chi connectivity index (χ1n) is 4.58. The molecule has 0 atom stereocenters. The summed E-state index contributed by atoms with van der Waals surface area (Å²) in [5, 5.41) is 12.0. The van der Waals surface area contributed by atoms with Gasteiger partial charge >= 0.3 is 6.18 Å². The largest absolute Gasteiger partial charge is 0.389 e. The van der Waals surface area contributed by atoms with E-state index in [9.17, 15) is 13.2 Å². The second-order valence-electron chi connectivity index (χ2n) is 3.13. The lowest BCUT2D eigenvalue weighted by Crippen LogP contribution is -2.08. The van der Waals surface area contributed by atoms with Crippen LogP contribution in [-0.4, -0.2) is 22.9 Å². The fourth-order valence-corrected chi connectivity index (χ4v) is 1.63. The molecular formula is C8H12F3N3S. The predicted octanol–water partition coefficient (Wildman–Crippen LogP) is 2.99. The number of unbranched alkanes of at least 4 members (excludes halogenated alkanes) is 1. The summed E-state index contributed by atoms with van der Waals surface area (Å²) in [5.74, 6) is 0. The van der Waals surface area contributed by atoms with Crippen LogP contribution in [0.2, 0.25) is 0 Å². The molecule has 1 heterocycles. The highest BCUT2D eigenvalue weighted by atomic mass is 32.1. The normalized spacial score (nSPS) is 11.7. The minimum absolute atomic E-state index is 0.147. The maximum absolute atomic E-state index is 11.8. The third-order valence-electron chi connectivity index (χ3n) is 1.69. The maximum Gasteiger partial charge on any atom is 0.389 e. The van der Waals surface area contributed by atoms with Crippen LogP contribution in [0.25, 0.3) is 0 Å².